The zero-order valence-electron chi connectivity index (χ0n) is 11.4. The quantitative estimate of drug-likeness (QED) is 0.864. The summed E-state index contributed by atoms with van der Waals surface area (Å²) in [5, 5.41) is 8.57. The molecule has 0 amide bonds. The van der Waals surface area contributed by atoms with Gasteiger partial charge < -0.3 is 9.84 Å². The number of halogens is 3. The summed E-state index contributed by atoms with van der Waals surface area (Å²) in [5.41, 5.74) is -0.473. The Hall–Kier alpha value is -0.820. The molecule has 1 aliphatic heterocycles. The van der Waals surface area contributed by atoms with Crippen LogP contribution in [0.2, 0.25) is 0 Å². The number of ether oxygens (including phenoxy) is 1. The van der Waals surface area contributed by atoms with E-state index in [1.54, 1.807) is 0 Å². The third-order valence-electron chi connectivity index (χ3n) is 4.30. The largest absolute Gasteiger partial charge is 0.480 e. The number of carboxylic acids is 1. The van der Waals surface area contributed by atoms with Crippen molar-refractivity contribution < 1.29 is 27.8 Å². The van der Waals surface area contributed by atoms with Crippen LogP contribution in [0.15, 0.2) is 0 Å². The number of carbonyl (C=O) groups is 1. The highest BCUT2D eigenvalue weighted by atomic mass is 19.4. The van der Waals surface area contributed by atoms with Gasteiger partial charge in [0.05, 0.1) is 11.5 Å². The van der Waals surface area contributed by atoms with Gasteiger partial charge in [-0.25, -0.2) is 4.79 Å². The molecule has 1 aliphatic carbocycles. The third kappa shape index (κ3) is 3.63. The van der Waals surface area contributed by atoms with Crippen LogP contribution < -0.4 is 0 Å². The number of alkyl halides is 3. The normalized spacial score (nSPS) is 30.8. The van der Waals surface area contributed by atoms with E-state index >= 15 is 0 Å². The monoisotopic (exact) mass is 295 g/mol. The first-order valence-electron chi connectivity index (χ1n) is 6.86. The van der Waals surface area contributed by atoms with Gasteiger partial charge in [-0.05, 0) is 32.6 Å². The van der Waals surface area contributed by atoms with Crippen LogP contribution in [0, 0.1) is 5.92 Å². The van der Waals surface area contributed by atoms with Crippen molar-refractivity contribution in [3.8, 4) is 0 Å². The number of hydrogen-bond acceptors (Lipinski definition) is 3. The van der Waals surface area contributed by atoms with Crippen molar-refractivity contribution in [2.24, 2.45) is 5.92 Å². The predicted octanol–water partition coefficient (Wildman–Crippen LogP) is 2.28. The molecule has 2 aliphatic rings. The van der Waals surface area contributed by atoms with E-state index in [1.807, 2.05) is 6.92 Å². The molecule has 1 N–H and O–H groups in total. The van der Waals surface area contributed by atoms with E-state index in [2.05, 4.69) is 4.90 Å². The van der Waals surface area contributed by atoms with Crippen molar-refractivity contribution in [2.75, 3.05) is 19.7 Å². The van der Waals surface area contributed by atoms with E-state index in [0.29, 0.717) is 25.9 Å². The van der Waals surface area contributed by atoms with Gasteiger partial charge in [0.2, 0.25) is 0 Å². The minimum absolute atomic E-state index is 0.176. The molecule has 4 nitrogen and oxygen atoms in total. The summed E-state index contributed by atoms with van der Waals surface area (Å²) in [5.74, 6) is -2.16. The summed E-state index contributed by atoms with van der Waals surface area (Å²) in [6.07, 6.45) is -2.58. The van der Waals surface area contributed by atoms with Crippen molar-refractivity contribution in [1.29, 1.82) is 0 Å². The van der Waals surface area contributed by atoms with E-state index in [9.17, 15) is 18.0 Å². The van der Waals surface area contributed by atoms with Crippen LogP contribution in [0.3, 0.4) is 0 Å². The number of carboxylic acid groups (broad SMARTS) is 1. The fourth-order valence-electron chi connectivity index (χ4n) is 3.17. The minimum Gasteiger partial charge on any atom is -0.480 e. The van der Waals surface area contributed by atoms with Crippen molar-refractivity contribution in [3.05, 3.63) is 0 Å². The summed E-state index contributed by atoms with van der Waals surface area (Å²) in [6, 6.07) is 0.176. The summed E-state index contributed by atoms with van der Waals surface area (Å²) in [7, 11) is 0. The Morgan fingerprint density at radius 3 is 2.30 bits per heavy atom. The Bertz CT molecular complexity index is 358. The topological polar surface area (TPSA) is 49.8 Å². The average molecular weight is 295 g/mol. The molecule has 1 heterocycles. The van der Waals surface area contributed by atoms with Crippen molar-refractivity contribution in [1.82, 2.24) is 4.90 Å². The molecule has 0 aromatic carbocycles. The number of hydrogen-bond donors (Lipinski definition) is 1. The Kier molecular flexibility index (Phi) is 4.30. The van der Waals surface area contributed by atoms with E-state index in [-0.39, 0.29) is 25.5 Å². The Morgan fingerprint density at radius 2 is 1.85 bits per heavy atom. The maximum atomic E-state index is 12.6. The number of aliphatic carboxylic acids is 1. The van der Waals surface area contributed by atoms with Crippen molar-refractivity contribution in [2.45, 2.75) is 50.4 Å². The van der Waals surface area contributed by atoms with Crippen LogP contribution in [0.5, 0.6) is 0 Å². The predicted molar refractivity (Wildman–Crippen MR) is 65.4 cm³/mol. The van der Waals surface area contributed by atoms with Crippen LogP contribution in [0.25, 0.3) is 0 Å². The summed E-state index contributed by atoms with van der Waals surface area (Å²) >= 11 is 0. The Morgan fingerprint density at radius 1 is 1.30 bits per heavy atom. The zero-order chi connectivity index (χ0) is 15.0. The molecule has 20 heavy (non-hydrogen) atoms. The highest BCUT2D eigenvalue weighted by Crippen LogP contribution is 2.40. The first kappa shape index (κ1) is 15.6. The zero-order valence-corrected chi connectivity index (χ0v) is 11.4. The molecule has 2 rings (SSSR count). The number of likely N-dealkylation sites (tertiary alicyclic amines) is 1. The first-order valence-corrected chi connectivity index (χ1v) is 6.86. The molecular weight excluding hydrogens is 275 g/mol. The fourth-order valence-corrected chi connectivity index (χ4v) is 3.17. The average Bonchev–Trinajstić information content (AvgIpc) is 2.32. The highest BCUT2D eigenvalue weighted by Gasteiger charge is 2.47. The Balaban J connectivity index is 1.73. The molecule has 0 unspecified atom stereocenters. The van der Waals surface area contributed by atoms with Gasteiger partial charge in [0.25, 0.3) is 0 Å². The molecule has 1 saturated heterocycles. The third-order valence-corrected chi connectivity index (χ3v) is 4.30. The Labute approximate surface area is 115 Å². The van der Waals surface area contributed by atoms with E-state index in [4.69, 9.17) is 9.84 Å². The van der Waals surface area contributed by atoms with Crippen molar-refractivity contribution in [3.63, 3.8) is 0 Å². The van der Waals surface area contributed by atoms with Gasteiger partial charge in [0, 0.05) is 19.1 Å². The maximum absolute atomic E-state index is 12.6. The van der Waals surface area contributed by atoms with Gasteiger partial charge in [-0.2, -0.15) is 13.2 Å². The molecular formula is C13H20F3NO3. The van der Waals surface area contributed by atoms with Crippen molar-refractivity contribution >= 4 is 5.97 Å². The van der Waals surface area contributed by atoms with Gasteiger partial charge >= 0.3 is 12.1 Å². The van der Waals surface area contributed by atoms with E-state index in [0.717, 1.165) is 0 Å². The first-order chi connectivity index (χ1) is 9.20. The minimum atomic E-state index is -4.07. The second-order valence-electron chi connectivity index (χ2n) is 6.08. The molecule has 0 bridgehead atoms. The van der Waals surface area contributed by atoms with Crippen LogP contribution in [-0.2, 0) is 9.53 Å². The van der Waals surface area contributed by atoms with E-state index < -0.39 is 23.7 Å². The molecule has 7 heteroatoms. The standard InChI is InChI=1S/C13H20F3NO3/c1-12(20-6-11(18)19)7-17(8-12)10-4-2-9(3-5-10)13(14,15)16/h9-10H,2-8H2,1H3,(H,18,19). The molecule has 0 aromatic heterocycles. The molecule has 0 radical (unpaired) electrons. The summed E-state index contributed by atoms with van der Waals surface area (Å²) in [4.78, 5) is 12.6. The fraction of sp³-hybridized carbons (Fsp3) is 0.923. The molecule has 0 atom stereocenters. The lowest BCUT2D eigenvalue weighted by atomic mass is 9.82. The summed E-state index contributed by atoms with van der Waals surface area (Å²) in [6.45, 7) is 2.71. The summed E-state index contributed by atoms with van der Waals surface area (Å²) < 4.78 is 43.0. The van der Waals surface area contributed by atoms with Gasteiger partial charge in [-0.3, -0.25) is 4.90 Å². The van der Waals surface area contributed by atoms with Crippen LogP contribution in [-0.4, -0.2) is 53.5 Å². The van der Waals surface area contributed by atoms with Gasteiger partial charge in [0.1, 0.15) is 6.61 Å². The van der Waals surface area contributed by atoms with Crippen LogP contribution >= 0.6 is 0 Å². The second kappa shape index (κ2) is 5.52. The molecule has 0 spiro atoms. The lowest BCUT2D eigenvalue weighted by Gasteiger charge is -2.52. The second-order valence-corrected chi connectivity index (χ2v) is 6.08. The molecule has 116 valence electrons. The van der Waals surface area contributed by atoms with Crippen LogP contribution in [0.1, 0.15) is 32.6 Å². The number of rotatable bonds is 4. The lowest BCUT2D eigenvalue weighted by Crippen LogP contribution is -2.65. The van der Waals surface area contributed by atoms with Gasteiger partial charge in [-0.1, -0.05) is 0 Å². The molecule has 0 aromatic rings. The number of nitrogens with zero attached hydrogens (tertiary/aromatic N) is 1. The SMILES string of the molecule is CC1(OCC(=O)O)CN(C2CCC(C(F)(F)F)CC2)C1. The maximum Gasteiger partial charge on any atom is 0.391 e. The molecule has 1 saturated carbocycles. The lowest BCUT2D eigenvalue weighted by molar-refractivity contribution is -0.193. The van der Waals surface area contributed by atoms with E-state index in [1.165, 1.54) is 0 Å². The van der Waals surface area contributed by atoms with Gasteiger partial charge in [-0.15, -0.1) is 0 Å². The smallest absolute Gasteiger partial charge is 0.391 e. The van der Waals surface area contributed by atoms with Crippen LogP contribution in [0.4, 0.5) is 13.2 Å². The highest BCUT2D eigenvalue weighted by molar-refractivity contribution is 5.68. The van der Waals surface area contributed by atoms with Gasteiger partial charge in [0.15, 0.2) is 0 Å². The molecule has 2 fully saturated rings.